The molecule has 0 spiro atoms. The molecule has 2 aliphatic heterocycles. The molecule has 0 aliphatic carbocycles. The van der Waals surface area contributed by atoms with Gasteiger partial charge in [-0.1, -0.05) is 0 Å². The van der Waals surface area contributed by atoms with Gasteiger partial charge in [0.25, 0.3) is 0 Å². The Morgan fingerprint density at radius 2 is 2.29 bits per heavy atom. The van der Waals surface area contributed by atoms with Crippen LogP contribution >= 0.6 is 7.60 Å². The van der Waals surface area contributed by atoms with Crippen LogP contribution in [0.5, 0.6) is 0 Å². The van der Waals surface area contributed by atoms with Crippen molar-refractivity contribution < 1.29 is 22.7 Å². The van der Waals surface area contributed by atoms with Crippen LogP contribution in [0.4, 0.5) is 4.39 Å². The van der Waals surface area contributed by atoms with Gasteiger partial charge in [-0.2, -0.15) is 0 Å². The SMILES string of the molecule is B[C@@H]1O[C@@H]2COP(C)(=O)O[C@H]2[C@@]1(C)F. The van der Waals surface area contributed by atoms with Crippen molar-refractivity contribution in [2.75, 3.05) is 13.3 Å². The fourth-order valence-electron chi connectivity index (χ4n) is 1.80. The van der Waals surface area contributed by atoms with E-state index in [1.807, 2.05) is 0 Å². The van der Waals surface area contributed by atoms with Crippen LogP contribution in [0.1, 0.15) is 6.92 Å². The average molecular weight is 222 g/mol. The van der Waals surface area contributed by atoms with Crippen molar-refractivity contribution in [3.63, 3.8) is 0 Å². The lowest BCUT2D eigenvalue weighted by Crippen LogP contribution is -2.45. The molecule has 80 valence electrons. The molecule has 0 bridgehead atoms. The Hall–Kier alpha value is 0.105. The van der Waals surface area contributed by atoms with Crippen LogP contribution in [-0.2, 0) is 18.3 Å². The Morgan fingerprint density at radius 1 is 1.64 bits per heavy atom. The second kappa shape index (κ2) is 3.05. The Bertz CT molecular complexity index is 297. The molecule has 0 amide bonds. The van der Waals surface area contributed by atoms with Gasteiger partial charge in [0.05, 0.1) is 12.6 Å². The van der Waals surface area contributed by atoms with Gasteiger partial charge in [0.15, 0.2) is 5.67 Å². The Morgan fingerprint density at radius 3 is 2.93 bits per heavy atom. The highest BCUT2D eigenvalue weighted by molar-refractivity contribution is 7.53. The van der Waals surface area contributed by atoms with Gasteiger partial charge in [0, 0.05) is 6.66 Å². The number of halogens is 1. The lowest BCUT2D eigenvalue weighted by atomic mass is 9.83. The summed E-state index contributed by atoms with van der Waals surface area (Å²) < 4.78 is 41.0. The van der Waals surface area contributed by atoms with E-state index < -0.39 is 31.5 Å². The molecule has 0 aromatic heterocycles. The van der Waals surface area contributed by atoms with E-state index in [9.17, 15) is 8.96 Å². The number of ether oxygens (including phenoxy) is 1. The minimum atomic E-state index is -3.08. The lowest BCUT2D eigenvalue weighted by Gasteiger charge is -2.33. The zero-order chi connectivity index (χ0) is 10.6. The minimum Gasteiger partial charge on any atom is -0.375 e. The molecule has 4 nitrogen and oxygen atoms in total. The number of rotatable bonds is 0. The molecule has 2 rings (SSSR count). The van der Waals surface area contributed by atoms with Crippen molar-refractivity contribution in [1.82, 2.24) is 0 Å². The summed E-state index contributed by atoms with van der Waals surface area (Å²) in [6, 6.07) is -0.556. The zero-order valence-electron chi connectivity index (χ0n) is 8.40. The second-order valence-corrected chi connectivity index (χ2v) is 6.07. The third kappa shape index (κ3) is 1.54. The highest BCUT2D eigenvalue weighted by Gasteiger charge is 2.57. The number of fused-ring (bicyclic) bond motifs is 1. The van der Waals surface area contributed by atoms with E-state index in [1.54, 1.807) is 7.85 Å². The smallest absolute Gasteiger partial charge is 0.328 e. The van der Waals surface area contributed by atoms with Gasteiger partial charge in [-0.3, -0.25) is 9.09 Å². The Kier molecular flexibility index (Phi) is 2.31. The van der Waals surface area contributed by atoms with Gasteiger partial charge in [0.2, 0.25) is 0 Å². The van der Waals surface area contributed by atoms with Crippen LogP contribution < -0.4 is 0 Å². The Balaban J connectivity index is 2.23. The first-order chi connectivity index (χ1) is 6.33. The largest absolute Gasteiger partial charge is 0.375 e. The van der Waals surface area contributed by atoms with Crippen LogP contribution in [0.25, 0.3) is 0 Å². The predicted octanol–water partition coefficient (Wildman–Crippen LogP) is 0.311. The van der Waals surface area contributed by atoms with Crippen LogP contribution in [-0.4, -0.2) is 45.0 Å². The average Bonchev–Trinajstić information content (AvgIpc) is 2.26. The molecule has 0 radical (unpaired) electrons. The van der Waals surface area contributed by atoms with Gasteiger partial charge < -0.3 is 9.26 Å². The van der Waals surface area contributed by atoms with E-state index in [4.69, 9.17) is 13.8 Å². The minimum absolute atomic E-state index is 0.141. The molecular formula is C7H13BFO4P. The molecule has 2 saturated heterocycles. The van der Waals surface area contributed by atoms with Crippen molar-refractivity contribution in [1.29, 1.82) is 0 Å². The summed E-state index contributed by atoms with van der Waals surface area (Å²) in [4.78, 5) is 0. The highest BCUT2D eigenvalue weighted by atomic mass is 31.2. The third-order valence-corrected chi connectivity index (χ3v) is 4.07. The van der Waals surface area contributed by atoms with E-state index in [0.29, 0.717) is 0 Å². The lowest BCUT2D eigenvalue weighted by molar-refractivity contribution is -0.0344. The van der Waals surface area contributed by atoms with E-state index in [-0.39, 0.29) is 6.61 Å². The second-order valence-electron chi connectivity index (χ2n) is 4.06. The number of hydrogen-bond acceptors (Lipinski definition) is 4. The van der Waals surface area contributed by atoms with Crippen LogP contribution in [0.15, 0.2) is 0 Å². The van der Waals surface area contributed by atoms with Crippen molar-refractivity contribution >= 4 is 15.4 Å². The first-order valence-electron chi connectivity index (χ1n) is 4.58. The highest BCUT2D eigenvalue weighted by Crippen LogP contribution is 2.54. The van der Waals surface area contributed by atoms with Gasteiger partial charge in [0.1, 0.15) is 20.1 Å². The Labute approximate surface area is 83.0 Å². The number of alkyl halides is 1. The van der Waals surface area contributed by atoms with E-state index >= 15 is 0 Å². The van der Waals surface area contributed by atoms with Crippen LogP contribution in [0.2, 0.25) is 0 Å². The molecule has 2 heterocycles. The maximum atomic E-state index is 14.1. The normalized spacial score (nSPS) is 58.4. The quantitative estimate of drug-likeness (QED) is 0.437. The molecule has 0 aromatic rings. The summed E-state index contributed by atoms with van der Waals surface area (Å²) in [6.45, 7) is 2.90. The standard InChI is InChI=1S/C7H13BFO4P/c1-7(9)5-4(12-6(7)8)3-11-14(2,10)13-5/h4-6H,3,8H2,1-2H3/t4-,5-,6-,7-,14?/m1/s1. The van der Waals surface area contributed by atoms with Gasteiger partial charge >= 0.3 is 7.60 Å². The van der Waals surface area contributed by atoms with Crippen molar-refractivity contribution in [2.24, 2.45) is 0 Å². The zero-order valence-corrected chi connectivity index (χ0v) is 9.29. The fourth-order valence-corrected chi connectivity index (χ4v) is 3.04. The molecule has 0 N–H and O–H groups in total. The fraction of sp³-hybridized carbons (Fsp3) is 1.00. The molecule has 0 aromatic carbocycles. The van der Waals surface area contributed by atoms with E-state index in [1.165, 1.54) is 13.6 Å². The summed E-state index contributed by atoms with van der Waals surface area (Å²) in [5.74, 6) is 0. The van der Waals surface area contributed by atoms with Gasteiger partial charge in [-0.05, 0) is 6.92 Å². The first-order valence-corrected chi connectivity index (χ1v) is 6.57. The first kappa shape index (κ1) is 10.6. The molecule has 2 fully saturated rings. The summed E-state index contributed by atoms with van der Waals surface area (Å²) in [5.41, 5.74) is -1.60. The monoisotopic (exact) mass is 222 g/mol. The van der Waals surface area contributed by atoms with Gasteiger partial charge in [-0.15, -0.1) is 0 Å². The maximum absolute atomic E-state index is 14.1. The molecule has 0 saturated carbocycles. The predicted molar refractivity (Wildman–Crippen MR) is 51.1 cm³/mol. The molecular weight excluding hydrogens is 209 g/mol. The summed E-state index contributed by atoms with van der Waals surface area (Å²) in [6.07, 6.45) is -1.22. The molecule has 14 heavy (non-hydrogen) atoms. The van der Waals surface area contributed by atoms with Gasteiger partial charge in [-0.25, -0.2) is 4.39 Å². The van der Waals surface area contributed by atoms with Crippen molar-refractivity contribution in [3.05, 3.63) is 0 Å². The van der Waals surface area contributed by atoms with Crippen LogP contribution in [0.3, 0.4) is 0 Å². The molecule has 7 heteroatoms. The van der Waals surface area contributed by atoms with E-state index in [2.05, 4.69) is 0 Å². The maximum Gasteiger partial charge on any atom is 0.328 e. The molecule has 5 atom stereocenters. The van der Waals surface area contributed by atoms with Crippen LogP contribution in [0, 0.1) is 0 Å². The topological polar surface area (TPSA) is 44.8 Å². The summed E-state index contributed by atoms with van der Waals surface area (Å²) >= 11 is 0. The molecule has 1 unspecified atom stereocenters. The van der Waals surface area contributed by atoms with Crippen molar-refractivity contribution in [3.8, 4) is 0 Å². The van der Waals surface area contributed by atoms with Crippen molar-refractivity contribution in [2.45, 2.75) is 30.8 Å². The summed E-state index contributed by atoms with van der Waals surface area (Å²) in [5, 5.41) is 0. The molecule has 2 aliphatic rings. The third-order valence-electron chi connectivity index (χ3n) is 2.85. The van der Waals surface area contributed by atoms with E-state index in [0.717, 1.165) is 0 Å². The summed E-state index contributed by atoms with van der Waals surface area (Å²) in [7, 11) is -1.44. The number of hydrogen-bond donors (Lipinski definition) is 0.